The van der Waals surface area contributed by atoms with Crippen LogP contribution in [-0.2, 0) is 23.9 Å². The summed E-state index contributed by atoms with van der Waals surface area (Å²) < 4.78 is 1.90. The van der Waals surface area contributed by atoms with E-state index < -0.39 is 22.4 Å². The van der Waals surface area contributed by atoms with E-state index in [0.29, 0.717) is 22.0 Å². The maximum absolute atomic E-state index is 13.0. The number of imide groups is 1. The van der Waals surface area contributed by atoms with E-state index in [1.165, 1.54) is 12.1 Å². The monoisotopic (exact) mass is 421 g/mol. The molecule has 2 aromatic rings. The van der Waals surface area contributed by atoms with Crippen molar-refractivity contribution >= 4 is 33.6 Å². The van der Waals surface area contributed by atoms with Gasteiger partial charge in [0.25, 0.3) is 11.6 Å². The quantitative estimate of drug-likeness (QED) is 0.452. The summed E-state index contributed by atoms with van der Waals surface area (Å²) in [6.45, 7) is 1.75. The SMILES string of the molecule is CCC1(c2cnn(C)c2)NC(=O)N(Cc2ccc(Br)c([N+](=O)[O-])c2)C1=O. The highest BCUT2D eigenvalue weighted by Crippen LogP contribution is 2.33. The molecular formula is C16H16BrN5O4. The van der Waals surface area contributed by atoms with Crippen LogP contribution in [-0.4, -0.2) is 31.5 Å². The largest absolute Gasteiger partial charge is 0.325 e. The molecule has 10 heteroatoms. The Labute approximate surface area is 157 Å². The topological polar surface area (TPSA) is 110 Å². The molecule has 136 valence electrons. The lowest BCUT2D eigenvalue weighted by Crippen LogP contribution is -2.43. The number of carbonyl (C=O) groups excluding carboxylic acids is 2. The minimum Gasteiger partial charge on any atom is -0.319 e. The minimum absolute atomic E-state index is 0.0548. The Morgan fingerprint density at radius 3 is 2.69 bits per heavy atom. The van der Waals surface area contributed by atoms with Crippen molar-refractivity contribution in [3.8, 4) is 0 Å². The predicted molar refractivity (Wildman–Crippen MR) is 95.1 cm³/mol. The summed E-state index contributed by atoms with van der Waals surface area (Å²) >= 11 is 3.12. The van der Waals surface area contributed by atoms with E-state index in [1.54, 1.807) is 37.1 Å². The van der Waals surface area contributed by atoms with Crippen molar-refractivity contribution in [3.63, 3.8) is 0 Å². The van der Waals surface area contributed by atoms with Crippen molar-refractivity contribution in [1.29, 1.82) is 0 Å². The number of benzene rings is 1. The first-order valence-electron chi connectivity index (χ1n) is 7.84. The minimum atomic E-state index is -1.17. The van der Waals surface area contributed by atoms with Crippen molar-refractivity contribution in [2.45, 2.75) is 25.4 Å². The zero-order valence-electron chi connectivity index (χ0n) is 14.1. The van der Waals surface area contributed by atoms with Gasteiger partial charge in [-0.2, -0.15) is 5.10 Å². The number of aromatic nitrogens is 2. The summed E-state index contributed by atoms with van der Waals surface area (Å²) in [5, 5.41) is 17.9. The van der Waals surface area contributed by atoms with Gasteiger partial charge in [-0.05, 0) is 34.0 Å². The van der Waals surface area contributed by atoms with E-state index in [4.69, 9.17) is 0 Å². The van der Waals surface area contributed by atoms with Crippen molar-refractivity contribution in [2.75, 3.05) is 0 Å². The predicted octanol–water partition coefficient (Wildman–Crippen LogP) is 2.45. The lowest BCUT2D eigenvalue weighted by atomic mass is 9.89. The Hall–Kier alpha value is -2.75. The van der Waals surface area contributed by atoms with Gasteiger partial charge in [-0.25, -0.2) is 4.79 Å². The molecule has 1 aromatic carbocycles. The van der Waals surface area contributed by atoms with E-state index >= 15 is 0 Å². The Morgan fingerprint density at radius 2 is 2.12 bits per heavy atom. The molecular weight excluding hydrogens is 406 g/mol. The van der Waals surface area contributed by atoms with Crippen LogP contribution in [0.5, 0.6) is 0 Å². The molecule has 0 saturated carbocycles. The first kappa shape index (κ1) is 18.1. The average Bonchev–Trinajstić information content (AvgIpc) is 3.13. The van der Waals surface area contributed by atoms with E-state index in [1.807, 2.05) is 0 Å². The molecule has 1 saturated heterocycles. The molecule has 1 atom stereocenters. The lowest BCUT2D eigenvalue weighted by molar-refractivity contribution is -0.385. The number of nitrogens with zero attached hydrogens (tertiary/aromatic N) is 4. The molecule has 0 radical (unpaired) electrons. The molecule has 26 heavy (non-hydrogen) atoms. The fourth-order valence-corrected chi connectivity index (χ4v) is 3.42. The van der Waals surface area contributed by atoms with Gasteiger partial charge in [0.1, 0.15) is 5.54 Å². The Balaban J connectivity index is 1.92. The maximum atomic E-state index is 13.0. The Bertz CT molecular complexity index is 912. The molecule has 1 fully saturated rings. The molecule has 1 aliphatic heterocycles. The average molecular weight is 422 g/mol. The van der Waals surface area contributed by atoms with Gasteiger partial charge in [0.05, 0.1) is 22.1 Å². The second kappa shape index (κ2) is 6.52. The number of nitrogens with one attached hydrogen (secondary N) is 1. The summed E-state index contributed by atoms with van der Waals surface area (Å²) in [5.74, 6) is -0.399. The van der Waals surface area contributed by atoms with Gasteiger partial charge >= 0.3 is 6.03 Å². The first-order chi connectivity index (χ1) is 12.3. The van der Waals surface area contributed by atoms with E-state index in [0.717, 1.165) is 4.90 Å². The van der Waals surface area contributed by atoms with Crippen molar-refractivity contribution < 1.29 is 14.5 Å². The van der Waals surface area contributed by atoms with Crippen LogP contribution in [0.2, 0.25) is 0 Å². The number of carbonyl (C=O) groups is 2. The number of aryl methyl sites for hydroxylation is 1. The molecule has 1 N–H and O–H groups in total. The number of rotatable bonds is 5. The molecule has 1 aliphatic rings. The van der Waals surface area contributed by atoms with Crippen LogP contribution in [0.15, 0.2) is 35.1 Å². The van der Waals surface area contributed by atoms with Gasteiger partial charge in [-0.3, -0.25) is 24.5 Å². The molecule has 3 rings (SSSR count). The highest BCUT2D eigenvalue weighted by Gasteiger charge is 2.51. The molecule has 9 nitrogen and oxygen atoms in total. The summed E-state index contributed by atoms with van der Waals surface area (Å²) in [5.41, 5.74) is -0.206. The third kappa shape index (κ3) is 2.85. The second-order valence-corrected chi connectivity index (χ2v) is 6.88. The number of hydrogen-bond donors (Lipinski definition) is 1. The third-order valence-corrected chi connectivity index (χ3v) is 5.12. The van der Waals surface area contributed by atoms with Gasteiger partial charge in [-0.15, -0.1) is 0 Å². The summed E-state index contributed by atoms with van der Waals surface area (Å²) in [6.07, 6.45) is 3.60. The molecule has 0 bridgehead atoms. The van der Waals surface area contributed by atoms with Gasteiger partial charge in [0, 0.05) is 24.9 Å². The highest BCUT2D eigenvalue weighted by atomic mass is 79.9. The van der Waals surface area contributed by atoms with Crippen LogP contribution in [0, 0.1) is 10.1 Å². The van der Waals surface area contributed by atoms with Crippen molar-refractivity contribution in [1.82, 2.24) is 20.0 Å². The van der Waals surface area contributed by atoms with Crippen LogP contribution in [0.3, 0.4) is 0 Å². The number of halogens is 1. The van der Waals surface area contributed by atoms with E-state index in [2.05, 4.69) is 26.3 Å². The summed E-state index contributed by atoms with van der Waals surface area (Å²) in [7, 11) is 1.73. The van der Waals surface area contributed by atoms with Crippen LogP contribution >= 0.6 is 15.9 Å². The zero-order valence-corrected chi connectivity index (χ0v) is 15.7. The lowest BCUT2D eigenvalue weighted by Gasteiger charge is -2.23. The van der Waals surface area contributed by atoms with Crippen molar-refractivity contribution in [2.24, 2.45) is 7.05 Å². The molecule has 0 spiro atoms. The number of urea groups is 1. The fraction of sp³-hybridized carbons (Fsp3) is 0.312. The van der Waals surface area contributed by atoms with Crippen molar-refractivity contribution in [3.05, 3.63) is 56.3 Å². The van der Waals surface area contributed by atoms with E-state index in [9.17, 15) is 19.7 Å². The zero-order chi connectivity index (χ0) is 19.1. The maximum Gasteiger partial charge on any atom is 0.325 e. The smallest absolute Gasteiger partial charge is 0.319 e. The van der Waals surface area contributed by atoms with E-state index in [-0.39, 0.29) is 12.2 Å². The normalized spacial score (nSPS) is 19.7. The fourth-order valence-electron chi connectivity index (χ4n) is 3.03. The third-order valence-electron chi connectivity index (χ3n) is 4.45. The van der Waals surface area contributed by atoms with Gasteiger partial charge in [-0.1, -0.05) is 13.0 Å². The molecule has 3 amide bonds. The first-order valence-corrected chi connectivity index (χ1v) is 8.64. The van der Waals surface area contributed by atoms with Crippen LogP contribution in [0.25, 0.3) is 0 Å². The van der Waals surface area contributed by atoms with Gasteiger partial charge in [0.15, 0.2) is 0 Å². The summed E-state index contributed by atoms with van der Waals surface area (Å²) in [6, 6.07) is 3.97. The second-order valence-electron chi connectivity index (χ2n) is 6.03. The number of nitro benzene ring substituents is 1. The van der Waals surface area contributed by atoms with Crippen LogP contribution in [0.4, 0.5) is 10.5 Å². The van der Waals surface area contributed by atoms with Gasteiger partial charge < -0.3 is 5.32 Å². The van der Waals surface area contributed by atoms with Crippen LogP contribution < -0.4 is 5.32 Å². The Kier molecular flexibility index (Phi) is 4.53. The van der Waals surface area contributed by atoms with Gasteiger partial charge in [0.2, 0.25) is 0 Å². The summed E-state index contributed by atoms with van der Waals surface area (Å²) in [4.78, 5) is 37.1. The molecule has 1 aromatic heterocycles. The van der Waals surface area contributed by atoms with Crippen LogP contribution in [0.1, 0.15) is 24.5 Å². The molecule has 2 heterocycles. The highest BCUT2D eigenvalue weighted by molar-refractivity contribution is 9.10. The number of amides is 3. The molecule has 1 unspecified atom stereocenters. The standard InChI is InChI=1S/C16H16BrN5O4/c1-3-16(11-7-18-20(2)9-11)14(23)21(15(24)19-16)8-10-4-5-12(17)13(6-10)22(25)26/h4-7,9H,3,8H2,1-2H3,(H,19,24). The molecule has 0 aliphatic carbocycles. The number of nitro groups is 1. The number of hydrogen-bond acceptors (Lipinski definition) is 5. The Morgan fingerprint density at radius 1 is 1.38 bits per heavy atom.